The van der Waals surface area contributed by atoms with Crippen molar-refractivity contribution in [1.29, 1.82) is 0 Å². The average molecular weight is 419 g/mol. The number of thiophene rings is 1. The summed E-state index contributed by atoms with van der Waals surface area (Å²) in [5, 5.41) is 13.7. The van der Waals surface area contributed by atoms with Crippen molar-refractivity contribution in [3.05, 3.63) is 26.6 Å². The predicted molar refractivity (Wildman–Crippen MR) is 113 cm³/mol. The molecule has 0 saturated heterocycles. The van der Waals surface area contributed by atoms with Crippen molar-refractivity contribution >= 4 is 33.3 Å². The fourth-order valence-corrected chi connectivity index (χ4v) is 6.15. The number of tetrazole rings is 1. The summed E-state index contributed by atoms with van der Waals surface area (Å²) >= 11 is 3.25. The van der Waals surface area contributed by atoms with E-state index in [4.69, 9.17) is 4.98 Å². The first-order valence-corrected chi connectivity index (χ1v) is 11.9. The van der Waals surface area contributed by atoms with Gasteiger partial charge in [0.15, 0.2) is 11.0 Å². The summed E-state index contributed by atoms with van der Waals surface area (Å²) in [5.74, 6) is 2.12. The molecule has 3 aromatic heterocycles. The first kappa shape index (κ1) is 19.6. The number of hydrogen-bond acceptors (Lipinski definition) is 7. The Labute approximate surface area is 172 Å². The van der Waals surface area contributed by atoms with Crippen molar-refractivity contribution in [2.45, 2.75) is 76.9 Å². The molecule has 3 aromatic rings. The van der Waals surface area contributed by atoms with Gasteiger partial charge in [0.05, 0.1) is 11.1 Å². The van der Waals surface area contributed by atoms with Crippen LogP contribution < -0.4 is 5.56 Å². The lowest BCUT2D eigenvalue weighted by atomic mass is 9.89. The van der Waals surface area contributed by atoms with Crippen molar-refractivity contribution in [2.24, 2.45) is 5.92 Å². The summed E-state index contributed by atoms with van der Waals surface area (Å²) in [6, 6.07) is 0. The Kier molecular flexibility index (Phi) is 5.82. The molecule has 0 spiro atoms. The van der Waals surface area contributed by atoms with Crippen LogP contribution in [-0.2, 0) is 31.7 Å². The van der Waals surface area contributed by atoms with E-state index in [0.29, 0.717) is 18.2 Å². The van der Waals surface area contributed by atoms with Crippen molar-refractivity contribution < 1.29 is 0 Å². The van der Waals surface area contributed by atoms with Gasteiger partial charge in [-0.2, -0.15) is 0 Å². The molecule has 7 nitrogen and oxygen atoms in total. The lowest BCUT2D eigenvalue weighted by Crippen LogP contribution is -2.23. The smallest absolute Gasteiger partial charge is 0.263 e. The van der Waals surface area contributed by atoms with Crippen molar-refractivity contribution in [3.8, 4) is 0 Å². The van der Waals surface area contributed by atoms with E-state index in [1.54, 1.807) is 27.7 Å². The Morgan fingerprint density at radius 3 is 2.96 bits per heavy atom. The van der Waals surface area contributed by atoms with Gasteiger partial charge in [-0.1, -0.05) is 32.0 Å². The van der Waals surface area contributed by atoms with Crippen LogP contribution in [0.5, 0.6) is 0 Å². The highest BCUT2D eigenvalue weighted by molar-refractivity contribution is 7.98. The Morgan fingerprint density at radius 1 is 1.32 bits per heavy atom. The predicted octanol–water partition coefficient (Wildman–Crippen LogP) is 3.68. The van der Waals surface area contributed by atoms with E-state index in [9.17, 15) is 4.79 Å². The van der Waals surface area contributed by atoms with E-state index in [1.807, 2.05) is 11.6 Å². The molecule has 9 heteroatoms. The zero-order valence-corrected chi connectivity index (χ0v) is 18.3. The first-order valence-electron chi connectivity index (χ1n) is 10.0. The molecule has 1 atom stereocenters. The zero-order valence-electron chi connectivity index (χ0n) is 16.6. The van der Waals surface area contributed by atoms with Crippen LogP contribution >= 0.6 is 23.1 Å². The Morgan fingerprint density at radius 2 is 2.18 bits per heavy atom. The normalized spacial score (nSPS) is 16.6. The third kappa shape index (κ3) is 3.61. The molecule has 1 aliphatic carbocycles. The van der Waals surface area contributed by atoms with E-state index in [1.165, 1.54) is 10.4 Å². The summed E-state index contributed by atoms with van der Waals surface area (Å²) in [6.45, 7) is 7.88. The number of aryl methyl sites for hydroxylation is 2. The maximum Gasteiger partial charge on any atom is 0.263 e. The van der Waals surface area contributed by atoms with E-state index in [0.717, 1.165) is 59.8 Å². The van der Waals surface area contributed by atoms with Crippen molar-refractivity contribution in [1.82, 2.24) is 29.8 Å². The number of unbranched alkanes of at least 4 members (excludes halogenated alkanes) is 1. The molecule has 0 radical (unpaired) electrons. The second-order valence-electron chi connectivity index (χ2n) is 7.44. The zero-order chi connectivity index (χ0) is 19.7. The quantitative estimate of drug-likeness (QED) is 0.430. The van der Waals surface area contributed by atoms with Gasteiger partial charge in [0.25, 0.3) is 5.56 Å². The minimum Gasteiger partial charge on any atom is -0.287 e. The van der Waals surface area contributed by atoms with Gasteiger partial charge in [0.2, 0.25) is 0 Å². The second kappa shape index (κ2) is 8.32. The van der Waals surface area contributed by atoms with Crippen molar-refractivity contribution in [2.75, 3.05) is 0 Å². The molecule has 3 heterocycles. The maximum atomic E-state index is 13.2. The van der Waals surface area contributed by atoms with Gasteiger partial charge >= 0.3 is 0 Å². The van der Waals surface area contributed by atoms with Gasteiger partial charge in [0.1, 0.15) is 4.83 Å². The molecule has 0 N–H and O–H groups in total. The second-order valence-corrected chi connectivity index (χ2v) is 9.46. The number of hydrogen-bond donors (Lipinski definition) is 0. The summed E-state index contributed by atoms with van der Waals surface area (Å²) < 4.78 is 3.66. The summed E-state index contributed by atoms with van der Waals surface area (Å²) in [7, 11) is 0. The highest BCUT2D eigenvalue weighted by Crippen LogP contribution is 2.36. The van der Waals surface area contributed by atoms with Crippen LogP contribution in [0.4, 0.5) is 0 Å². The first-order chi connectivity index (χ1) is 13.6. The Hall–Kier alpha value is -1.74. The molecule has 150 valence electrons. The maximum absolute atomic E-state index is 13.2. The molecule has 28 heavy (non-hydrogen) atoms. The van der Waals surface area contributed by atoms with Gasteiger partial charge in [-0.3, -0.25) is 9.36 Å². The minimum absolute atomic E-state index is 0.104. The lowest BCUT2D eigenvalue weighted by molar-refractivity contribution is 0.509. The molecule has 4 rings (SSSR count). The molecule has 1 aliphatic rings. The monoisotopic (exact) mass is 418 g/mol. The summed E-state index contributed by atoms with van der Waals surface area (Å²) in [6.07, 6.45) is 5.36. The van der Waals surface area contributed by atoms with Gasteiger partial charge < -0.3 is 0 Å². The van der Waals surface area contributed by atoms with E-state index in [-0.39, 0.29) is 5.56 Å². The van der Waals surface area contributed by atoms with E-state index < -0.39 is 0 Å². The minimum atomic E-state index is 0.104. The SMILES string of the molecule is CCCCn1nnnc1CSc1nc2sc3c(c2c(=O)n1CC)CC[C@@H](C)C3. The van der Waals surface area contributed by atoms with Crippen molar-refractivity contribution in [3.63, 3.8) is 0 Å². The number of thioether (sulfide) groups is 1. The van der Waals surface area contributed by atoms with Crippen LogP contribution in [0.2, 0.25) is 0 Å². The summed E-state index contributed by atoms with van der Waals surface area (Å²) in [5.41, 5.74) is 1.35. The molecule has 0 amide bonds. The number of aromatic nitrogens is 6. The van der Waals surface area contributed by atoms with Gasteiger partial charge in [-0.25, -0.2) is 9.67 Å². The number of fused-ring (bicyclic) bond motifs is 3. The fourth-order valence-electron chi connectivity index (χ4n) is 3.73. The number of rotatable bonds is 7. The molecule has 0 aliphatic heterocycles. The molecule has 0 aromatic carbocycles. The summed E-state index contributed by atoms with van der Waals surface area (Å²) in [4.78, 5) is 20.4. The van der Waals surface area contributed by atoms with E-state index in [2.05, 4.69) is 29.4 Å². The fraction of sp³-hybridized carbons (Fsp3) is 0.632. The highest BCUT2D eigenvalue weighted by Gasteiger charge is 2.24. The van der Waals surface area contributed by atoms with Crippen LogP contribution in [0.15, 0.2) is 9.95 Å². The average Bonchev–Trinajstić information content (AvgIpc) is 3.27. The molecular formula is C19H26N6OS2. The molecular weight excluding hydrogens is 392 g/mol. The van der Waals surface area contributed by atoms with Crippen LogP contribution in [0.1, 0.15) is 56.3 Å². The van der Waals surface area contributed by atoms with Crippen LogP contribution in [-0.4, -0.2) is 29.8 Å². The topological polar surface area (TPSA) is 78.5 Å². The van der Waals surface area contributed by atoms with E-state index >= 15 is 0 Å². The van der Waals surface area contributed by atoms with Crippen LogP contribution in [0, 0.1) is 5.92 Å². The highest BCUT2D eigenvalue weighted by atomic mass is 32.2. The third-order valence-electron chi connectivity index (χ3n) is 5.36. The standard InChI is InChI=1S/C19H26N6OS2/c1-4-6-9-25-15(21-22-23-25)11-27-19-20-17-16(18(26)24(19)5-2)13-8-7-12(3)10-14(13)28-17/h12H,4-11H2,1-3H3/t12-/m1/s1. The Balaban J connectivity index is 1.66. The van der Waals surface area contributed by atoms with Gasteiger partial charge in [0, 0.05) is 18.0 Å². The lowest BCUT2D eigenvalue weighted by Gasteiger charge is -2.17. The molecule has 0 unspecified atom stereocenters. The van der Waals surface area contributed by atoms with Crippen LogP contribution in [0.3, 0.4) is 0 Å². The third-order valence-corrected chi connectivity index (χ3v) is 7.48. The van der Waals surface area contributed by atoms with Gasteiger partial charge in [-0.15, -0.1) is 16.4 Å². The molecule has 0 bridgehead atoms. The molecule has 0 saturated carbocycles. The number of nitrogens with zero attached hydrogens (tertiary/aromatic N) is 6. The Bertz CT molecular complexity index is 1040. The van der Waals surface area contributed by atoms with Gasteiger partial charge in [-0.05, 0) is 54.5 Å². The van der Waals surface area contributed by atoms with Crippen LogP contribution in [0.25, 0.3) is 10.2 Å². The largest absolute Gasteiger partial charge is 0.287 e. The molecule has 0 fully saturated rings.